The number of anilines is 6. The van der Waals surface area contributed by atoms with Crippen LogP contribution in [0.3, 0.4) is 0 Å². The number of imide groups is 1. The van der Waals surface area contributed by atoms with Gasteiger partial charge in [0.1, 0.15) is 22.6 Å². The summed E-state index contributed by atoms with van der Waals surface area (Å²) in [5.41, 5.74) is 3.77. The van der Waals surface area contributed by atoms with Crippen LogP contribution in [0.15, 0.2) is 66.9 Å². The van der Waals surface area contributed by atoms with Gasteiger partial charge in [-0.25, -0.2) is 4.98 Å². The summed E-state index contributed by atoms with van der Waals surface area (Å²) in [6.07, 6.45) is 4.24. The predicted octanol–water partition coefficient (Wildman–Crippen LogP) is 4.97. The molecule has 3 aliphatic rings. The number of carbonyl (C=O) groups excluding carboxylic acids is 4. The number of nitrogens with zero attached hydrogens (tertiary/aromatic N) is 6. The lowest BCUT2D eigenvalue weighted by Gasteiger charge is -2.37. The summed E-state index contributed by atoms with van der Waals surface area (Å²) in [5, 5.41) is 12.2. The van der Waals surface area contributed by atoms with Crippen molar-refractivity contribution in [1.29, 1.82) is 0 Å². The van der Waals surface area contributed by atoms with E-state index in [1.165, 1.54) is 18.7 Å². The maximum absolute atomic E-state index is 13.3. The molecule has 4 aromatic rings. The molecule has 3 amide bonds. The minimum Gasteiger partial charge on any atom is -0.479 e. The van der Waals surface area contributed by atoms with Crippen molar-refractivity contribution in [1.82, 2.24) is 30.1 Å². The fraction of sp³-hybridized carbons (Fsp3) is 0.375. The van der Waals surface area contributed by atoms with Gasteiger partial charge in [0.15, 0.2) is 11.6 Å². The van der Waals surface area contributed by atoms with Gasteiger partial charge in [-0.15, -0.1) is 0 Å². The Bertz CT molecular complexity index is 2080. The number of piperazine rings is 1. The number of rotatable bonds is 12. The van der Waals surface area contributed by atoms with E-state index in [9.17, 15) is 19.2 Å². The lowest BCUT2D eigenvalue weighted by molar-refractivity contribution is -0.134. The molecule has 7 rings (SSSR count). The SMILES string of the molecule is COc1nc(N2CCN(C(=O)CN3CCC(c4ccc(NC5CCC(=O)NC5=O)cc4)CC3)CC2)ccc1Nc1ncc(Cl)c(Nc2ccccc2C(C)=O)n1. The average Bonchev–Trinajstić information content (AvgIpc) is 3.21. The van der Waals surface area contributed by atoms with E-state index in [-0.39, 0.29) is 29.5 Å². The molecule has 4 N–H and O–H groups in total. The van der Waals surface area contributed by atoms with Crippen LogP contribution in [0, 0.1) is 0 Å². The second-order valence-corrected chi connectivity index (χ2v) is 14.6. The normalized spacial score (nSPS) is 17.9. The molecule has 3 aliphatic heterocycles. The summed E-state index contributed by atoms with van der Waals surface area (Å²) in [6.45, 7) is 6.08. The molecule has 2 aromatic carbocycles. The van der Waals surface area contributed by atoms with Gasteiger partial charge in [-0.1, -0.05) is 35.9 Å². The number of halogens is 1. The number of amides is 3. The number of hydrogen-bond donors (Lipinski definition) is 4. The average molecular weight is 781 g/mol. The van der Waals surface area contributed by atoms with Gasteiger partial charge in [-0.2, -0.15) is 9.97 Å². The van der Waals surface area contributed by atoms with Crippen LogP contribution in [0.5, 0.6) is 5.88 Å². The minimum absolute atomic E-state index is 0.0856. The summed E-state index contributed by atoms with van der Waals surface area (Å²) in [6, 6.07) is 18.7. The Balaban J connectivity index is 0.876. The highest BCUT2D eigenvalue weighted by Crippen LogP contribution is 2.32. The van der Waals surface area contributed by atoms with Crippen LogP contribution < -0.4 is 30.9 Å². The van der Waals surface area contributed by atoms with Crippen LogP contribution in [0.4, 0.5) is 34.6 Å². The summed E-state index contributed by atoms with van der Waals surface area (Å²) in [7, 11) is 1.55. The number of likely N-dealkylation sites (tertiary alicyclic amines) is 1. The first-order valence-electron chi connectivity index (χ1n) is 18.8. The van der Waals surface area contributed by atoms with Crippen molar-refractivity contribution in [3.8, 4) is 5.88 Å². The molecule has 0 saturated carbocycles. The predicted molar refractivity (Wildman–Crippen MR) is 214 cm³/mol. The third-order valence-electron chi connectivity index (χ3n) is 10.5. The quantitative estimate of drug-likeness (QED) is 0.112. The Kier molecular flexibility index (Phi) is 11.9. The van der Waals surface area contributed by atoms with Gasteiger partial charge in [-0.05, 0) is 87.2 Å². The molecule has 15 nitrogen and oxygen atoms in total. The van der Waals surface area contributed by atoms with E-state index in [1.807, 2.05) is 35.2 Å². The lowest BCUT2D eigenvalue weighted by atomic mass is 9.89. The number of benzene rings is 2. The standard InChI is InChI=1S/C40H45ClN10O5/c1-25(52)29-5-3-4-6-31(29)44-37-30(41)23-42-40(48-37)45-33-11-13-34(46-39(33)56-2)50-19-21-51(22-20-50)36(54)24-49-17-15-27(16-18-49)26-7-9-28(10-8-26)43-32-12-14-35(53)47-38(32)55/h3-11,13,23,27,32,43H,12,14-22,24H2,1-2H3,(H,47,53,55)(H2,42,44,45,48). The zero-order valence-corrected chi connectivity index (χ0v) is 32.1. The number of pyridine rings is 1. The summed E-state index contributed by atoms with van der Waals surface area (Å²) >= 11 is 6.40. The number of nitrogens with one attached hydrogen (secondary N) is 4. The number of hydrogen-bond acceptors (Lipinski definition) is 13. The van der Waals surface area contributed by atoms with Crippen LogP contribution in [-0.4, -0.2) is 107 Å². The number of ether oxygens (including phenoxy) is 1. The number of methoxy groups -OCH3 is 1. The topological polar surface area (TPSA) is 174 Å². The Labute approximate surface area is 330 Å². The van der Waals surface area contributed by atoms with Gasteiger partial charge in [-0.3, -0.25) is 29.4 Å². The molecule has 1 unspecified atom stereocenters. The zero-order valence-electron chi connectivity index (χ0n) is 31.4. The number of ketones is 1. The van der Waals surface area contributed by atoms with Crippen LogP contribution in [0.2, 0.25) is 5.02 Å². The van der Waals surface area contributed by atoms with Gasteiger partial charge < -0.3 is 30.5 Å². The first-order valence-corrected chi connectivity index (χ1v) is 19.2. The van der Waals surface area contributed by atoms with E-state index >= 15 is 0 Å². The number of aromatic nitrogens is 3. The third-order valence-corrected chi connectivity index (χ3v) is 10.7. The summed E-state index contributed by atoms with van der Waals surface area (Å²) < 4.78 is 5.63. The number of Topliss-reactive ketones (excluding diaryl/α,β-unsaturated/α-hetero) is 1. The first-order chi connectivity index (χ1) is 27.1. The Morgan fingerprint density at radius 1 is 0.893 bits per heavy atom. The maximum atomic E-state index is 13.3. The Morgan fingerprint density at radius 3 is 2.36 bits per heavy atom. The molecule has 1 atom stereocenters. The van der Waals surface area contributed by atoms with Gasteiger partial charge in [0.25, 0.3) is 0 Å². The zero-order chi connectivity index (χ0) is 39.2. The highest BCUT2D eigenvalue weighted by atomic mass is 35.5. The van der Waals surface area contributed by atoms with Crippen molar-refractivity contribution in [2.75, 3.05) is 73.8 Å². The molecule has 3 saturated heterocycles. The van der Waals surface area contributed by atoms with Crippen LogP contribution in [0.1, 0.15) is 54.4 Å². The van der Waals surface area contributed by atoms with Crippen molar-refractivity contribution < 1.29 is 23.9 Å². The van der Waals surface area contributed by atoms with E-state index in [2.05, 4.69) is 53.2 Å². The van der Waals surface area contributed by atoms with E-state index in [0.29, 0.717) is 85.1 Å². The van der Waals surface area contributed by atoms with Gasteiger partial charge in [0.05, 0.1) is 25.5 Å². The van der Waals surface area contributed by atoms with Gasteiger partial charge in [0, 0.05) is 43.9 Å². The smallest absolute Gasteiger partial charge is 0.249 e. The van der Waals surface area contributed by atoms with Crippen LogP contribution in [0.25, 0.3) is 0 Å². The van der Waals surface area contributed by atoms with Crippen molar-refractivity contribution in [2.45, 2.75) is 44.6 Å². The highest BCUT2D eigenvalue weighted by Gasteiger charge is 2.28. The fourth-order valence-electron chi connectivity index (χ4n) is 7.30. The van der Waals surface area contributed by atoms with E-state index < -0.39 is 6.04 Å². The van der Waals surface area contributed by atoms with Crippen LogP contribution >= 0.6 is 11.6 Å². The molecule has 0 aliphatic carbocycles. The molecular weight excluding hydrogens is 736 g/mol. The van der Waals surface area contributed by atoms with Gasteiger partial charge in [0.2, 0.25) is 29.5 Å². The fourth-order valence-corrected chi connectivity index (χ4v) is 7.44. The molecule has 292 valence electrons. The maximum Gasteiger partial charge on any atom is 0.249 e. The van der Waals surface area contributed by atoms with Crippen molar-refractivity contribution in [2.24, 2.45) is 0 Å². The van der Waals surface area contributed by atoms with Crippen molar-refractivity contribution in [3.05, 3.63) is 83.0 Å². The monoisotopic (exact) mass is 780 g/mol. The van der Waals surface area contributed by atoms with Gasteiger partial charge >= 0.3 is 0 Å². The molecule has 3 fully saturated rings. The molecule has 0 bridgehead atoms. The largest absolute Gasteiger partial charge is 0.479 e. The summed E-state index contributed by atoms with van der Waals surface area (Å²) in [5.74, 6) is 1.66. The molecule has 0 spiro atoms. The van der Waals surface area contributed by atoms with Crippen molar-refractivity contribution >= 4 is 69.8 Å². The van der Waals surface area contributed by atoms with Crippen molar-refractivity contribution in [3.63, 3.8) is 0 Å². The number of para-hydroxylation sites is 1. The third kappa shape index (κ3) is 9.17. The lowest BCUT2D eigenvalue weighted by Crippen LogP contribution is -2.52. The number of carbonyl (C=O) groups is 4. The molecule has 2 aromatic heterocycles. The van der Waals surface area contributed by atoms with Crippen LogP contribution in [-0.2, 0) is 14.4 Å². The molecule has 16 heteroatoms. The summed E-state index contributed by atoms with van der Waals surface area (Å²) in [4.78, 5) is 68.9. The second-order valence-electron chi connectivity index (χ2n) is 14.2. The molecule has 5 heterocycles. The number of piperidine rings is 2. The molecule has 0 radical (unpaired) electrons. The second kappa shape index (κ2) is 17.3. The highest BCUT2D eigenvalue weighted by molar-refractivity contribution is 6.33. The molecular formula is C40H45ClN10O5. The Morgan fingerprint density at radius 2 is 1.64 bits per heavy atom. The van der Waals surface area contributed by atoms with E-state index in [4.69, 9.17) is 21.3 Å². The Hall–Kier alpha value is -5.80. The molecule has 56 heavy (non-hydrogen) atoms. The van der Waals surface area contributed by atoms with E-state index in [1.54, 1.807) is 25.3 Å². The first kappa shape index (κ1) is 38.5. The minimum atomic E-state index is -0.404. The van der Waals surface area contributed by atoms with E-state index in [0.717, 1.165) is 37.4 Å².